The second kappa shape index (κ2) is 16.6. The van der Waals surface area contributed by atoms with E-state index in [1.165, 1.54) is 0 Å². The summed E-state index contributed by atoms with van der Waals surface area (Å²) >= 11 is 0. The van der Waals surface area contributed by atoms with Crippen LogP contribution in [0.25, 0.3) is 0 Å². The number of carbonyl (C=O) groups excluding carboxylic acids is 2. The molecule has 0 bridgehead atoms. The minimum Gasteiger partial charge on any atom is -0.457 e. The Balaban J connectivity index is 0.00000576. The van der Waals surface area contributed by atoms with E-state index >= 15 is 0 Å². The Labute approximate surface area is 274 Å². The Kier molecular flexibility index (Phi) is 13.2. The number of sulfonamides is 1. The molecule has 46 heavy (non-hydrogen) atoms. The van der Waals surface area contributed by atoms with Gasteiger partial charge in [-0.3, -0.25) is 14.4 Å². The molecule has 1 saturated heterocycles. The van der Waals surface area contributed by atoms with Gasteiger partial charge in [-0.25, -0.2) is 22.0 Å². The lowest BCUT2D eigenvalue weighted by Crippen LogP contribution is -2.50. The number of nitrogens with one attached hydrogen (secondary N) is 3. The molecule has 3 aromatic rings. The Morgan fingerprint density at radius 1 is 1.02 bits per heavy atom. The van der Waals surface area contributed by atoms with Crippen LogP contribution in [-0.4, -0.2) is 50.1 Å². The maximum Gasteiger partial charge on any atom is 0.319 e. The van der Waals surface area contributed by atoms with E-state index in [9.17, 15) is 26.8 Å². The van der Waals surface area contributed by atoms with Gasteiger partial charge in [-0.15, -0.1) is 12.4 Å². The lowest BCUT2D eigenvalue weighted by molar-refractivity contribution is -0.117. The van der Waals surface area contributed by atoms with Gasteiger partial charge in [0.15, 0.2) is 0 Å². The first-order chi connectivity index (χ1) is 21.4. The van der Waals surface area contributed by atoms with Gasteiger partial charge in [0.1, 0.15) is 23.1 Å². The minimum absolute atomic E-state index is 0. The van der Waals surface area contributed by atoms with E-state index in [0.717, 1.165) is 56.7 Å². The number of rotatable bonds is 13. The number of hydrogen-bond acceptors (Lipinski definition) is 6. The second-order valence-corrected chi connectivity index (χ2v) is 13.0. The molecule has 3 amide bonds. The molecule has 10 nitrogen and oxygen atoms in total. The van der Waals surface area contributed by atoms with E-state index in [0.29, 0.717) is 29.7 Å². The Morgan fingerprint density at radius 2 is 1.67 bits per heavy atom. The molecule has 1 fully saturated rings. The van der Waals surface area contributed by atoms with Crippen LogP contribution >= 0.6 is 12.4 Å². The van der Waals surface area contributed by atoms with Crippen LogP contribution in [0.5, 0.6) is 11.5 Å². The number of unbranched alkanes of at least 4 members (excludes halogenated alkanes) is 1. The number of anilines is 2. The van der Waals surface area contributed by atoms with Crippen molar-refractivity contribution >= 4 is 45.7 Å². The lowest BCUT2D eigenvalue weighted by atomic mass is 9.93. The van der Waals surface area contributed by atoms with E-state index in [-0.39, 0.29) is 35.7 Å². The smallest absolute Gasteiger partial charge is 0.319 e. The van der Waals surface area contributed by atoms with Gasteiger partial charge >= 0.3 is 6.03 Å². The van der Waals surface area contributed by atoms with Crippen molar-refractivity contribution in [1.82, 2.24) is 10.2 Å². The van der Waals surface area contributed by atoms with Crippen LogP contribution in [0.1, 0.15) is 50.2 Å². The highest BCUT2D eigenvalue weighted by Gasteiger charge is 2.29. The normalized spacial score (nSPS) is 16.6. The molecule has 4 rings (SSSR count). The van der Waals surface area contributed by atoms with E-state index in [2.05, 4.69) is 27.2 Å². The van der Waals surface area contributed by atoms with Crippen molar-refractivity contribution in [2.24, 2.45) is 5.73 Å². The number of urea groups is 1. The van der Waals surface area contributed by atoms with Gasteiger partial charge in [-0.2, -0.15) is 0 Å². The third-order valence-corrected chi connectivity index (χ3v) is 8.12. The summed E-state index contributed by atoms with van der Waals surface area (Å²) in [4.78, 5) is 26.4. The zero-order valence-electron chi connectivity index (χ0n) is 25.7. The van der Waals surface area contributed by atoms with Crippen LogP contribution in [0.4, 0.5) is 25.0 Å². The number of carbonyl (C=O) groups is 2. The van der Waals surface area contributed by atoms with Crippen LogP contribution in [0.15, 0.2) is 60.7 Å². The first-order valence-corrected chi connectivity index (χ1v) is 16.7. The first-order valence-electron chi connectivity index (χ1n) is 14.8. The fraction of sp³-hybridized carbons (Fsp3) is 0.375. The number of hydrogen-bond donors (Lipinski definition) is 4. The van der Waals surface area contributed by atoms with Gasteiger partial charge in [0, 0.05) is 36.9 Å². The molecule has 3 aromatic carbocycles. The maximum absolute atomic E-state index is 14.3. The van der Waals surface area contributed by atoms with Gasteiger partial charge < -0.3 is 21.1 Å². The van der Waals surface area contributed by atoms with Crippen molar-refractivity contribution in [3.63, 3.8) is 0 Å². The highest BCUT2D eigenvalue weighted by molar-refractivity contribution is 7.92. The molecule has 0 aliphatic carbocycles. The molecule has 2 unspecified atom stereocenters. The van der Waals surface area contributed by atoms with E-state index in [1.54, 1.807) is 24.3 Å². The van der Waals surface area contributed by atoms with Crippen LogP contribution in [0.2, 0.25) is 0 Å². The number of amides is 3. The number of primary amides is 1. The average molecular weight is 680 g/mol. The summed E-state index contributed by atoms with van der Waals surface area (Å²) in [6, 6.07) is 15.6. The molecule has 0 saturated carbocycles. The molecule has 5 N–H and O–H groups in total. The SMILES string of the molecule is CCCCC1CC(NC(=O)Nc2cc(CC(N)=O)c(F)cc2F)CCN1Cc1ccc(Oc2ccc(NS(C)(=O)=O)cc2)cc1.Cl. The van der Waals surface area contributed by atoms with Crippen molar-refractivity contribution in [2.45, 2.75) is 64.1 Å². The van der Waals surface area contributed by atoms with Crippen molar-refractivity contribution in [1.29, 1.82) is 0 Å². The van der Waals surface area contributed by atoms with Crippen LogP contribution in [-0.2, 0) is 27.8 Å². The fourth-order valence-electron chi connectivity index (χ4n) is 5.37. The van der Waals surface area contributed by atoms with Crippen molar-refractivity contribution < 1.29 is 31.5 Å². The first kappa shape index (κ1) is 36.5. The zero-order valence-corrected chi connectivity index (χ0v) is 27.4. The van der Waals surface area contributed by atoms with Crippen molar-refractivity contribution in [2.75, 3.05) is 22.8 Å². The largest absolute Gasteiger partial charge is 0.457 e. The fourth-order valence-corrected chi connectivity index (χ4v) is 5.94. The number of nitrogens with zero attached hydrogens (tertiary/aromatic N) is 1. The van der Waals surface area contributed by atoms with Gasteiger partial charge in [-0.1, -0.05) is 31.9 Å². The third kappa shape index (κ3) is 11.1. The summed E-state index contributed by atoms with van der Waals surface area (Å²) in [6.45, 7) is 3.61. The van der Waals surface area contributed by atoms with E-state index in [1.807, 2.05) is 24.3 Å². The summed E-state index contributed by atoms with van der Waals surface area (Å²) < 4.78 is 59.5. The summed E-state index contributed by atoms with van der Waals surface area (Å²) in [5, 5.41) is 5.37. The quantitative estimate of drug-likeness (QED) is 0.177. The minimum atomic E-state index is -3.35. The topological polar surface area (TPSA) is 143 Å². The van der Waals surface area contributed by atoms with Gasteiger partial charge in [0.25, 0.3) is 0 Å². The lowest BCUT2D eigenvalue weighted by Gasteiger charge is -2.40. The van der Waals surface area contributed by atoms with E-state index < -0.39 is 40.0 Å². The maximum atomic E-state index is 14.3. The highest BCUT2D eigenvalue weighted by atomic mass is 35.5. The molecule has 0 radical (unpaired) electrons. The number of benzene rings is 3. The molecule has 1 heterocycles. The average Bonchev–Trinajstić information content (AvgIpc) is 2.96. The number of piperidine rings is 1. The standard InChI is InChI=1S/C32H39F2N5O5S.ClH/c1-3-4-5-25-18-24(36-32(41)37-30-16-22(17-31(35)40)28(33)19-29(30)34)14-15-39(25)20-21-6-10-26(11-7-21)44-27-12-8-23(9-13-27)38-45(2,42)43;/h6-13,16,19,24-25,38H,3-5,14-15,17-18,20H2,1-2H3,(H2,35,40)(H2,36,37,41);1H. The molecular weight excluding hydrogens is 640 g/mol. The Hall–Kier alpha value is -3.94. The summed E-state index contributed by atoms with van der Waals surface area (Å²) in [7, 11) is -3.35. The predicted octanol–water partition coefficient (Wildman–Crippen LogP) is 5.92. The van der Waals surface area contributed by atoms with Gasteiger partial charge in [0.2, 0.25) is 15.9 Å². The number of nitrogens with two attached hydrogens (primary N) is 1. The van der Waals surface area contributed by atoms with Crippen LogP contribution in [0.3, 0.4) is 0 Å². The number of halogens is 3. The van der Waals surface area contributed by atoms with E-state index in [4.69, 9.17) is 10.5 Å². The molecular formula is C32H40ClF2N5O5S. The predicted molar refractivity (Wildman–Crippen MR) is 177 cm³/mol. The van der Waals surface area contributed by atoms with Gasteiger partial charge in [-0.05, 0) is 72.9 Å². The zero-order chi connectivity index (χ0) is 32.6. The molecule has 0 aromatic heterocycles. The summed E-state index contributed by atoms with van der Waals surface area (Å²) in [6.07, 6.45) is 5.14. The van der Waals surface area contributed by atoms with Crippen molar-refractivity contribution in [3.05, 3.63) is 83.4 Å². The number of ether oxygens (including phenoxy) is 1. The molecule has 2 atom stereocenters. The second-order valence-electron chi connectivity index (χ2n) is 11.3. The number of likely N-dealkylation sites (tertiary alicyclic amines) is 1. The molecule has 1 aliphatic rings. The molecule has 14 heteroatoms. The molecule has 250 valence electrons. The third-order valence-electron chi connectivity index (χ3n) is 7.52. The molecule has 0 spiro atoms. The monoisotopic (exact) mass is 679 g/mol. The molecule has 1 aliphatic heterocycles. The van der Waals surface area contributed by atoms with Crippen LogP contribution in [0, 0.1) is 11.6 Å². The van der Waals surface area contributed by atoms with Gasteiger partial charge in [0.05, 0.1) is 18.4 Å². The van der Waals surface area contributed by atoms with Crippen molar-refractivity contribution in [3.8, 4) is 11.5 Å². The highest BCUT2D eigenvalue weighted by Crippen LogP contribution is 2.27. The Bertz CT molecular complexity index is 1590. The Morgan fingerprint density at radius 3 is 2.28 bits per heavy atom. The summed E-state index contributed by atoms with van der Waals surface area (Å²) in [5.41, 5.74) is 6.39. The van der Waals surface area contributed by atoms with Crippen LogP contribution < -0.4 is 25.8 Å². The summed E-state index contributed by atoms with van der Waals surface area (Å²) in [5.74, 6) is -1.38.